The van der Waals surface area contributed by atoms with E-state index >= 15 is 0 Å². The molecule has 0 bridgehead atoms. The Kier molecular flexibility index (Phi) is 10.8. The van der Waals surface area contributed by atoms with Crippen LogP contribution in [0.1, 0.15) is 6.92 Å². The number of ether oxygens (including phenoxy) is 1. The summed E-state index contributed by atoms with van der Waals surface area (Å²) in [7, 11) is 0. The summed E-state index contributed by atoms with van der Waals surface area (Å²) >= 11 is 0. The van der Waals surface area contributed by atoms with Crippen molar-refractivity contribution in [1.29, 1.82) is 0 Å². The zero-order chi connectivity index (χ0) is 19.1. The van der Waals surface area contributed by atoms with Gasteiger partial charge in [0, 0.05) is 4.91 Å². The maximum Gasteiger partial charge on any atom is 1.00 e. The maximum absolute atomic E-state index is 12.0. The summed E-state index contributed by atoms with van der Waals surface area (Å²) in [6.45, 7) is 0.0432. The first-order valence-electron chi connectivity index (χ1n) is 7.29. The second-order valence-corrected chi connectivity index (χ2v) is 5.45. The third-order valence-electron chi connectivity index (χ3n) is 3.64. The van der Waals surface area contributed by atoms with Crippen LogP contribution in [0.25, 0.3) is 10.4 Å². The van der Waals surface area contributed by atoms with Crippen molar-refractivity contribution in [3.63, 3.8) is 0 Å². The molecule has 12 nitrogen and oxygen atoms in total. The van der Waals surface area contributed by atoms with Gasteiger partial charge in [0.25, 0.3) is 0 Å². The van der Waals surface area contributed by atoms with Crippen LogP contribution in [0.2, 0.25) is 0 Å². The van der Waals surface area contributed by atoms with Crippen LogP contribution in [0.5, 0.6) is 0 Å². The minimum Gasteiger partial charge on any atom is -0.542 e. The molecule has 0 fully saturated rings. The fourth-order valence-electron chi connectivity index (χ4n) is 2.16. The molecule has 1 aliphatic rings. The molecular weight excluding hydrogens is 363 g/mol. The van der Waals surface area contributed by atoms with Crippen molar-refractivity contribution in [2.45, 2.75) is 37.3 Å². The first-order valence-corrected chi connectivity index (χ1v) is 7.29. The predicted molar refractivity (Wildman–Crippen MR) is 78.2 cm³/mol. The van der Waals surface area contributed by atoms with Crippen molar-refractivity contribution >= 4 is 11.9 Å². The number of nitrogens with zero attached hydrogens (tertiary/aromatic N) is 3. The van der Waals surface area contributed by atoms with Crippen LogP contribution in [-0.4, -0.2) is 75.9 Å². The molecule has 1 rings (SSSR count). The molecular formula is C13H19N4NaO8. The number of carbonyl (C=O) groups is 2. The molecule has 0 saturated heterocycles. The van der Waals surface area contributed by atoms with Crippen molar-refractivity contribution in [2.24, 2.45) is 11.0 Å². The van der Waals surface area contributed by atoms with Gasteiger partial charge in [0.05, 0.1) is 31.2 Å². The Labute approximate surface area is 170 Å². The summed E-state index contributed by atoms with van der Waals surface area (Å²) in [5.41, 5.74) is 8.65. The molecule has 0 aromatic rings. The van der Waals surface area contributed by atoms with E-state index in [0.717, 1.165) is 6.08 Å². The first-order chi connectivity index (χ1) is 11.8. The number of carbonyl (C=O) groups excluding carboxylic acids is 2. The third kappa shape index (κ3) is 6.11. The monoisotopic (exact) mass is 382 g/mol. The average Bonchev–Trinajstić information content (AvgIpc) is 2.60. The van der Waals surface area contributed by atoms with Gasteiger partial charge < -0.3 is 40.4 Å². The van der Waals surface area contributed by atoms with Gasteiger partial charge in [-0.2, -0.15) is 0 Å². The molecule has 0 aromatic heterocycles. The van der Waals surface area contributed by atoms with Crippen molar-refractivity contribution in [3.05, 3.63) is 22.3 Å². The number of aliphatic hydroxyl groups is 4. The van der Waals surface area contributed by atoms with Crippen molar-refractivity contribution in [3.8, 4) is 0 Å². The average molecular weight is 382 g/mol. The minimum absolute atomic E-state index is 0. The van der Waals surface area contributed by atoms with E-state index in [0.29, 0.717) is 0 Å². The van der Waals surface area contributed by atoms with E-state index in [1.54, 1.807) is 0 Å². The summed E-state index contributed by atoms with van der Waals surface area (Å²) in [6.07, 6.45) is -4.21. The number of aliphatic carboxylic acids is 1. The molecule has 0 aliphatic carbocycles. The molecule has 0 spiro atoms. The van der Waals surface area contributed by atoms with Gasteiger partial charge in [0.2, 0.25) is 5.91 Å². The second-order valence-electron chi connectivity index (χ2n) is 5.45. The zero-order valence-electron chi connectivity index (χ0n) is 14.2. The molecule has 1 aliphatic heterocycles. The molecule has 0 aromatic carbocycles. The number of carboxylic acids is 1. The fourth-order valence-corrected chi connectivity index (χ4v) is 2.16. The van der Waals surface area contributed by atoms with E-state index in [9.17, 15) is 24.9 Å². The van der Waals surface area contributed by atoms with Crippen LogP contribution in [0.3, 0.4) is 0 Å². The number of amides is 1. The van der Waals surface area contributed by atoms with Crippen molar-refractivity contribution in [1.82, 2.24) is 5.32 Å². The molecule has 26 heavy (non-hydrogen) atoms. The second kappa shape index (κ2) is 11.4. The van der Waals surface area contributed by atoms with Gasteiger partial charge in [-0.05, 0) is 11.6 Å². The van der Waals surface area contributed by atoms with Crippen LogP contribution in [0.4, 0.5) is 0 Å². The molecule has 140 valence electrons. The van der Waals surface area contributed by atoms with Crippen molar-refractivity contribution < 1.29 is 69.4 Å². The summed E-state index contributed by atoms with van der Waals surface area (Å²) in [5, 5.41) is 54.5. The van der Waals surface area contributed by atoms with Gasteiger partial charge in [-0.3, -0.25) is 4.79 Å². The molecule has 0 radical (unpaired) electrons. The molecule has 6 atom stereocenters. The maximum atomic E-state index is 12.0. The van der Waals surface area contributed by atoms with E-state index in [-0.39, 0.29) is 29.6 Å². The Morgan fingerprint density at radius 3 is 2.50 bits per heavy atom. The zero-order valence-corrected chi connectivity index (χ0v) is 16.2. The Hall–Kier alpha value is -1.37. The Bertz CT molecular complexity index is 582. The van der Waals surface area contributed by atoms with Crippen LogP contribution in [0.15, 0.2) is 16.9 Å². The summed E-state index contributed by atoms with van der Waals surface area (Å²) in [4.78, 5) is 25.6. The molecule has 5 N–H and O–H groups in total. The fraction of sp³-hybridized carbons (Fsp3) is 0.692. The Morgan fingerprint density at radius 1 is 1.42 bits per heavy atom. The number of azide groups is 1. The normalized spacial score (nSPS) is 25.3. The number of carboxylic acid groups (broad SMARTS) is 1. The number of hydrogen-bond donors (Lipinski definition) is 5. The van der Waals surface area contributed by atoms with E-state index in [1.165, 1.54) is 6.92 Å². The van der Waals surface area contributed by atoms with Crippen LogP contribution in [0, 0.1) is 5.92 Å². The van der Waals surface area contributed by atoms with Gasteiger partial charge in [0.15, 0.2) is 0 Å². The Balaban J connectivity index is 0.00000625. The SMILES string of the molecule is CC(CO)C(=O)N[C@H]1[C@H]([C@H](O)[C@H](O)CO)OC(C(=O)[O-])=C[C@@H]1N=[N+]=[N-].[Na+]. The van der Waals surface area contributed by atoms with Crippen molar-refractivity contribution in [2.75, 3.05) is 13.2 Å². The quantitative estimate of drug-likeness (QED) is 0.118. The number of rotatable bonds is 8. The molecule has 13 heteroatoms. The standard InChI is InChI=1S/C13H20N4O8.Na/c1-5(3-18)12(22)15-9-6(16-17-14)2-8(13(23)24)25-11(9)10(21)7(20)4-19;/h2,5-7,9-11,18-21H,3-4H2,1H3,(H,15,22)(H,23,24);/q;+1/p-1/t5?,6-,7+,9+,10+,11+;/m0./s1. The van der Waals surface area contributed by atoms with Gasteiger partial charge in [-0.1, -0.05) is 12.0 Å². The summed E-state index contributed by atoms with van der Waals surface area (Å²) in [6, 6.07) is -2.55. The number of nitrogens with one attached hydrogen (secondary N) is 1. The molecule has 0 saturated carbocycles. The van der Waals surface area contributed by atoms with Gasteiger partial charge in [0.1, 0.15) is 30.0 Å². The summed E-state index contributed by atoms with van der Waals surface area (Å²) < 4.78 is 5.05. The van der Waals surface area contributed by atoms with E-state index < -0.39 is 67.2 Å². The number of hydrogen-bond acceptors (Lipinski definition) is 9. The molecule has 1 unspecified atom stereocenters. The third-order valence-corrected chi connectivity index (χ3v) is 3.64. The van der Waals surface area contributed by atoms with Crippen LogP contribution < -0.4 is 40.0 Å². The van der Waals surface area contributed by atoms with E-state index in [4.69, 9.17) is 20.5 Å². The van der Waals surface area contributed by atoms with E-state index in [2.05, 4.69) is 15.3 Å². The van der Waals surface area contributed by atoms with Gasteiger partial charge >= 0.3 is 29.6 Å². The van der Waals surface area contributed by atoms with Crippen LogP contribution >= 0.6 is 0 Å². The van der Waals surface area contributed by atoms with Gasteiger partial charge in [-0.25, -0.2) is 0 Å². The first kappa shape index (κ1) is 24.6. The van der Waals surface area contributed by atoms with E-state index in [1.807, 2.05) is 0 Å². The topological polar surface area (TPSA) is 208 Å². The Morgan fingerprint density at radius 2 is 2.04 bits per heavy atom. The minimum atomic E-state index is -1.82. The van der Waals surface area contributed by atoms with Gasteiger partial charge in [-0.15, -0.1) is 0 Å². The number of aliphatic hydroxyl groups excluding tert-OH is 4. The molecule has 1 amide bonds. The van der Waals surface area contributed by atoms with Crippen LogP contribution in [-0.2, 0) is 14.3 Å². The smallest absolute Gasteiger partial charge is 0.542 e. The summed E-state index contributed by atoms with van der Waals surface area (Å²) in [5.74, 6) is -4.05. The molecule has 1 heterocycles. The predicted octanol–water partition coefficient (Wildman–Crippen LogP) is -6.47. The largest absolute Gasteiger partial charge is 1.00 e.